The van der Waals surface area contributed by atoms with Gasteiger partial charge in [-0.25, -0.2) is 0 Å². The largest absolute Gasteiger partial charge is 0.462 e. The van der Waals surface area contributed by atoms with E-state index < -0.39 is 0 Å². The third-order valence-electron chi connectivity index (χ3n) is 4.51. The van der Waals surface area contributed by atoms with Gasteiger partial charge in [0, 0.05) is 5.75 Å². The Labute approximate surface area is 136 Å². The van der Waals surface area contributed by atoms with Crippen molar-refractivity contribution in [3.05, 3.63) is 0 Å². The smallest absolute Gasteiger partial charge is 0.309 e. The van der Waals surface area contributed by atoms with E-state index in [4.69, 9.17) is 4.74 Å². The maximum atomic E-state index is 11.9. The lowest BCUT2D eigenvalue weighted by atomic mass is 9.99. The van der Waals surface area contributed by atoms with Gasteiger partial charge in [-0.2, -0.15) is 12.6 Å². The highest BCUT2D eigenvalue weighted by atomic mass is 32.1. The van der Waals surface area contributed by atoms with Crippen LogP contribution in [0.15, 0.2) is 0 Å². The predicted molar refractivity (Wildman–Crippen MR) is 92.9 cm³/mol. The minimum atomic E-state index is -0.0820. The monoisotopic (exact) mass is 314 g/mol. The summed E-state index contributed by atoms with van der Waals surface area (Å²) in [5.41, 5.74) is 0. The summed E-state index contributed by atoms with van der Waals surface area (Å²) in [5, 5.41) is 0. The average molecular weight is 315 g/mol. The second-order valence-electron chi connectivity index (χ2n) is 6.61. The van der Waals surface area contributed by atoms with Crippen molar-refractivity contribution in [2.45, 2.75) is 96.5 Å². The van der Waals surface area contributed by atoms with Crippen LogP contribution in [0.2, 0.25) is 0 Å². The number of hydrogen-bond donors (Lipinski definition) is 1. The minimum Gasteiger partial charge on any atom is -0.462 e. The van der Waals surface area contributed by atoms with E-state index in [1.807, 2.05) is 6.92 Å². The van der Waals surface area contributed by atoms with Gasteiger partial charge in [-0.15, -0.1) is 0 Å². The zero-order valence-corrected chi connectivity index (χ0v) is 14.7. The summed E-state index contributed by atoms with van der Waals surface area (Å²) >= 11 is 4.19. The lowest BCUT2D eigenvalue weighted by Crippen LogP contribution is -2.24. The molecule has 0 aliphatic heterocycles. The first-order chi connectivity index (χ1) is 10.2. The molecule has 1 aliphatic rings. The molecule has 0 N–H and O–H groups in total. The Morgan fingerprint density at radius 2 is 1.29 bits per heavy atom. The third kappa shape index (κ3) is 9.44. The van der Waals surface area contributed by atoms with Gasteiger partial charge in [-0.3, -0.25) is 4.79 Å². The van der Waals surface area contributed by atoms with Crippen LogP contribution >= 0.6 is 12.6 Å². The molecule has 124 valence electrons. The fraction of sp³-hybridized carbons (Fsp3) is 0.944. The van der Waals surface area contributed by atoms with Crippen LogP contribution in [0.3, 0.4) is 0 Å². The van der Waals surface area contributed by atoms with Crippen LogP contribution in [0.5, 0.6) is 0 Å². The maximum Gasteiger partial charge on any atom is 0.309 e. The molecule has 0 radical (unpaired) electrons. The van der Waals surface area contributed by atoms with Crippen LogP contribution in [-0.2, 0) is 9.53 Å². The van der Waals surface area contributed by atoms with Gasteiger partial charge in [0.05, 0.1) is 5.92 Å². The molecule has 1 saturated carbocycles. The molecular weight excluding hydrogens is 280 g/mol. The number of rotatable bonds is 3. The van der Waals surface area contributed by atoms with Gasteiger partial charge in [0.1, 0.15) is 6.10 Å². The van der Waals surface area contributed by atoms with Gasteiger partial charge in [0.25, 0.3) is 0 Å². The molecule has 3 heteroatoms. The second-order valence-corrected chi connectivity index (χ2v) is 6.97. The first-order valence-corrected chi connectivity index (χ1v) is 9.68. The number of ether oxygens (including phenoxy) is 1. The molecule has 0 saturated heterocycles. The SMILES string of the molecule is CC(CS)C(=O)OC1CCCCCCCCCCCCC1. The average Bonchev–Trinajstić information content (AvgIpc) is 2.50. The van der Waals surface area contributed by atoms with Crippen LogP contribution in [0.25, 0.3) is 0 Å². The van der Waals surface area contributed by atoms with Gasteiger partial charge in [0.2, 0.25) is 0 Å². The second kappa shape index (κ2) is 12.4. The van der Waals surface area contributed by atoms with Crippen molar-refractivity contribution in [2.24, 2.45) is 5.92 Å². The van der Waals surface area contributed by atoms with Gasteiger partial charge in [0.15, 0.2) is 0 Å². The zero-order valence-electron chi connectivity index (χ0n) is 13.8. The van der Waals surface area contributed by atoms with Crippen molar-refractivity contribution in [2.75, 3.05) is 5.75 Å². The van der Waals surface area contributed by atoms with Crippen LogP contribution in [0, 0.1) is 5.92 Å². The number of carbonyl (C=O) groups excluding carboxylic acids is 1. The van der Waals surface area contributed by atoms with Crippen molar-refractivity contribution in [1.29, 1.82) is 0 Å². The molecular formula is C18H34O2S. The Morgan fingerprint density at radius 3 is 1.67 bits per heavy atom. The Kier molecular flexibility index (Phi) is 11.1. The van der Waals surface area contributed by atoms with Gasteiger partial charge >= 0.3 is 5.97 Å². The number of hydrogen-bond acceptors (Lipinski definition) is 3. The van der Waals surface area contributed by atoms with Crippen LogP contribution in [0.4, 0.5) is 0 Å². The highest BCUT2D eigenvalue weighted by molar-refractivity contribution is 7.80. The Bertz CT molecular complexity index is 254. The molecule has 0 spiro atoms. The van der Waals surface area contributed by atoms with Crippen molar-refractivity contribution in [3.8, 4) is 0 Å². The molecule has 1 rings (SSSR count). The topological polar surface area (TPSA) is 26.3 Å². The predicted octanol–water partition coefficient (Wildman–Crippen LogP) is 5.55. The minimum absolute atomic E-state index is 0.0592. The van der Waals surface area contributed by atoms with Crippen LogP contribution in [0.1, 0.15) is 90.4 Å². The van der Waals surface area contributed by atoms with E-state index in [0.29, 0.717) is 5.75 Å². The Morgan fingerprint density at radius 1 is 0.905 bits per heavy atom. The molecule has 1 aliphatic carbocycles. The van der Waals surface area contributed by atoms with Crippen molar-refractivity contribution in [3.63, 3.8) is 0 Å². The molecule has 0 bridgehead atoms. The van der Waals surface area contributed by atoms with E-state index in [2.05, 4.69) is 12.6 Å². The molecule has 1 atom stereocenters. The van der Waals surface area contributed by atoms with E-state index in [0.717, 1.165) is 12.8 Å². The summed E-state index contributed by atoms with van der Waals surface area (Å²) in [4.78, 5) is 11.9. The summed E-state index contributed by atoms with van der Waals surface area (Å²) in [6.45, 7) is 1.90. The zero-order chi connectivity index (χ0) is 15.3. The fourth-order valence-electron chi connectivity index (χ4n) is 2.95. The van der Waals surface area contributed by atoms with Crippen molar-refractivity contribution < 1.29 is 9.53 Å². The molecule has 0 aromatic rings. The quantitative estimate of drug-likeness (QED) is 0.546. The highest BCUT2D eigenvalue weighted by Crippen LogP contribution is 2.19. The van der Waals surface area contributed by atoms with E-state index in [1.165, 1.54) is 70.6 Å². The standard InChI is InChI=1S/C18H34O2S/c1-16(15-21)18(19)20-17-13-11-9-7-5-3-2-4-6-8-10-12-14-17/h16-17,21H,2-15H2,1H3. The first kappa shape index (κ1) is 18.9. The summed E-state index contributed by atoms with van der Waals surface area (Å²) in [7, 11) is 0. The van der Waals surface area contributed by atoms with E-state index in [1.54, 1.807) is 0 Å². The molecule has 0 amide bonds. The molecule has 0 aromatic carbocycles. The maximum absolute atomic E-state index is 11.9. The Balaban J connectivity index is 2.36. The molecule has 0 heterocycles. The van der Waals surface area contributed by atoms with E-state index in [9.17, 15) is 4.79 Å². The van der Waals surface area contributed by atoms with E-state index >= 15 is 0 Å². The summed E-state index contributed by atoms with van der Waals surface area (Å²) in [6.07, 6.45) is 16.9. The number of carbonyl (C=O) groups is 1. The summed E-state index contributed by atoms with van der Waals surface area (Å²) < 4.78 is 5.72. The summed E-state index contributed by atoms with van der Waals surface area (Å²) in [5.74, 6) is 0.434. The third-order valence-corrected chi connectivity index (χ3v) is 5.06. The van der Waals surface area contributed by atoms with Gasteiger partial charge < -0.3 is 4.74 Å². The Hall–Kier alpha value is -0.180. The molecule has 0 aromatic heterocycles. The van der Waals surface area contributed by atoms with Crippen LogP contribution in [-0.4, -0.2) is 17.8 Å². The normalized spacial score (nSPS) is 22.2. The lowest BCUT2D eigenvalue weighted by molar-refractivity contribution is -0.153. The lowest BCUT2D eigenvalue weighted by Gasteiger charge is -2.20. The van der Waals surface area contributed by atoms with Crippen LogP contribution < -0.4 is 0 Å². The first-order valence-electron chi connectivity index (χ1n) is 9.05. The molecule has 1 fully saturated rings. The van der Waals surface area contributed by atoms with E-state index in [-0.39, 0.29) is 18.0 Å². The van der Waals surface area contributed by atoms with Crippen molar-refractivity contribution in [1.82, 2.24) is 0 Å². The van der Waals surface area contributed by atoms with Crippen molar-refractivity contribution >= 4 is 18.6 Å². The molecule has 21 heavy (non-hydrogen) atoms. The number of thiol groups is 1. The number of esters is 1. The fourth-order valence-corrected chi connectivity index (χ4v) is 3.10. The molecule has 1 unspecified atom stereocenters. The highest BCUT2D eigenvalue weighted by Gasteiger charge is 2.18. The summed E-state index contributed by atoms with van der Waals surface area (Å²) in [6, 6.07) is 0. The molecule has 2 nitrogen and oxygen atoms in total. The van der Waals surface area contributed by atoms with Gasteiger partial charge in [-0.05, 0) is 25.7 Å². The van der Waals surface area contributed by atoms with Gasteiger partial charge in [-0.1, -0.05) is 64.7 Å².